The lowest BCUT2D eigenvalue weighted by atomic mass is 10.0. The highest BCUT2D eigenvalue weighted by molar-refractivity contribution is 8.01. The summed E-state index contributed by atoms with van der Waals surface area (Å²) in [6, 6.07) is -0.521. The molecule has 2 N–H and O–H groups in total. The number of nitrogens with one attached hydrogen (secondary N) is 2. The fourth-order valence-corrected chi connectivity index (χ4v) is 6.29. The van der Waals surface area contributed by atoms with Gasteiger partial charge in [-0.2, -0.15) is 0 Å². The van der Waals surface area contributed by atoms with Crippen LogP contribution in [0.25, 0.3) is 0 Å². The highest BCUT2D eigenvalue weighted by atomic mass is 35.5. The maximum Gasteiger partial charge on any atom is 0.357 e. The molecule has 2 aliphatic rings. The van der Waals surface area contributed by atoms with Gasteiger partial charge in [0.15, 0.2) is 4.34 Å². The summed E-state index contributed by atoms with van der Waals surface area (Å²) in [6.45, 7) is 2.57. The van der Waals surface area contributed by atoms with Crippen molar-refractivity contribution < 1.29 is 23.9 Å². The zero-order chi connectivity index (χ0) is 22.0. The third kappa shape index (κ3) is 5.19. The summed E-state index contributed by atoms with van der Waals surface area (Å²) in [4.78, 5) is 45.1. The van der Waals surface area contributed by atoms with Crippen LogP contribution in [0.15, 0.2) is 28.0 Å². The standard InChI is InChI=1S/C17H18N6O5S3.ClH/c1-8-21-22-17(31-8)30-6-10-5-29-14-11(20-16-18-3-4-19-16)13(25)23(14)12(10)15(26)28-7-27-9(2)24;/h3-4,11,14H,5-7H2,1-2H3,(H2,18,19,20);1H/t11?,14-;/m0./s1. The number of rotatable bonds is 8. The molecule has 32 heavy (non-hydrogen) atoms. The van der Waals surface area contributed by atoms with Gasteiger partial charge in [0.2, 0.25) is 12.7 Å². The number of thioether (sulfide) groups is 2. The quantitative estimate of drug-likeness (QED) is 0.229. The number of β-lactam (4-membered cyclic amide) rings is 1. The lowest BCUT2D eigenvalue weighted by Crippen LogP contribution is -2.67. The van der Waals surface area contributed by atoms with Crippen molar-refractivity contribution >= 4 is 71.1 Å². The van der Waals surface area contributed by atoms with Gasteiger partial charge in [-0.05, 0) is 12.5 Å². The molecule has 0 bridgehead atoms. The third-order valence-corrected chi connectivity index (χ3v) is 7.76. The number of amides is 1. The first-order chi connectivity index (χ1) is 14.9. The molecule has 1 saturated heterocycles. The van der Waals surface area contributed by atoms with Crippen molar-refractivity contribution in [1.29, 1.82) is 0 Å². The average Bonchev–Trinajstić information content (AvgIpc) is 3.40. The van der Waals surface area contributed by atoms with Crippen molar-refractivity contribution in [2.45, 2.75) is 29.6 Å². The van der Waals surface area contributed by atoms with E-state index in [9.17, 15) is 14.4 Å². The molecular formula is C17H19ClN6O5S3. The van der Waals surface area contributed by atoms with Gasteiger partial charge in [-0.1, -0.05) is 23.1 Å². The molecule has 0 aromatic carbocycles. The van der Waals surface area contributed by atoms with E-state index in [4.69, 9.17) is 9.47 Å². The topological polar surface area (TPSA) is 139 Å². The van der Waals surface area contributed by atoms with Crippen LogP contribution in [0.3, 0.4) is 0 Å². The van der Waals surface area contributed by atoms with E-state index >= 15 is 0 Å². The summed E-state index contributed by atoms with van der Waals surface area (Å²) in [5.74, 6) is -0.0683. The first-order valence-electron chi connectivity index (χ1n) is 9.10. The Balaban J connectivity index is 0.00000289. The zero-order valence-corrected chi connectivity index (χ0v) is 20.2. The predicted molar refractivity (Wildman–Crippen MR) is 121 cm³/mol. The number of anilines is 1. The number of hydrogen-bond acceptors (Lipinski definition) is 12. The number of carbonyl (C=O) groups is 3. The number of aromatic amines is 1. The summed E-state index contributed by atoms with van der Waals surface area (Å²) in [5.41, 5.74) is 0.934. The minimum Gasteiger partial charge on any atom is -0.428 e. The van der Waals surface area contributed by atoms with E-state index in [-0.39, 0.29) is 29.4 Å². The second kappa shape index (κ2) is 10.6. The maximum atomic E-state index is 12.9. The van der Waals surface area contributed by atoms with E-state index in [2.05, 4.69) is 25.5 Å². The summed E-state index contributed by atoms with van der Waals surface area (Å²) < 4.78 is 10.6. The van der Waals surface area contributed by atoms with Gasteiger partial charge in [-0.15, -0.1) is 34.4 Å². The van der Waals surface area contributed by atoms with E-state index in [1.54, 1.807) is 24.2 Å². The van der Waals surface area contributed by atoms with Crippen LogP contribution in [0.2, 0.25) is 0 Å². The summed E-state index contributed by atoms with van der Waals surface area (Å²) in [7, 11) is 0. The minimum atomic E-state index is -0.708. The first kappa shape index (κ1) is 24.4. The number of aryl methyl sites for hydroxylation is 1. The van der Waals surface area contributed by atoms with Crippen LogP contribution in [-0.2, 0) is 23.9 Å². The van der Waals surface area contributed by atoms with Crippen molar-refractivity contribution in [1.82, 2.24) is 25.1 Å². The molecule has 1 unspecified atom stereocenters. The van der Waals surface area contributed by atoms with Gasteiger partial charge in [-0.25, -0.2) is 9.78 Å². The lowest BCUT2D eigenvalue weighted by Gasteiger charge is -2.49. The van der Waals surface area contributed by atoms with Crippen molar-refractivity contribution in [2.75, 3.05) is 23.6 Å². The number of ether oxygens (including phenoxy) is 2. The Hall–Kier alpha value is -2.29. The molecule has 11 nitrogen and oxygen atoms in total. The van der Waals surface area contributed by atoms with Crippen LogP contribution in [0, 0.1) is 6.92 Å². The number of hydrogen-bond donors (Lipinski definition) is 2. The van der Waals surface area contributed by atoms with E-state index in [0.29, 0.717) is 17.5 Å². The van der Waals surface area contributed by atoms with Gasteiger partial charge in [-0.3, -0.25) is 14.5 Å². The number of H-pyrrole nitrogens is 1. The van der Waals surface area contributed by atoms with Gasteiger partial charge >= 0.3 is 11.9 Å². The molecule has 1 amide bonds. The molecule has 4 heterocycles. The van der Waals surface area contributed by atoms with Crippen LogP contribution >= 0.6 is 47.3 Å². The molecule has 4 rings (SSSR count). The molecule has 0 saturated carbocycles. The van der Waals surface area contributed by atoms with E-state index < -0.39 is 24.8 Å². The Morgan fingerprint density at radius 1 is 1.38 bits per heavy atom. The normalized spacial score (nSPS) is 19.6. The molecule has 0 radical (unpaired) electrons. The summed E-state index contributed by atoms with van der Waals surface area (Å²) >= 11 is 4.45. The zero-order valence-electron chi connectivity index (χ0n) is 16.9. The SMILES string of the molecule is CC(=O)OCOC(=O)C1=C(CSc2nnc(C)s2)CS[C@H]2C(Nc3ncc[nH]3)C(=O)N12.Cl. The molecule has 0 aliphatic carbocycles. The highest BCUT2D eigenvalue weighted by Gasteiger charge is 2.54. The van der Waals surface area contributed by atoms with E-state index in [1.165, 1.54) is 34.9 Å². The summed E-state index contributed by atoms with van der Waals surface area (Å²) in [6.07, 6.45) is 3.24. The van der Waals surface area contributed by atoms with E-state index in [1.807, 2.05) is 6.92 Å². The second-order valence-corrected chi connectivity index (χ2v) is 9.99. The second-order valence-electron chi connectivity index (χ2n) is 6.48. The Morgan fingerprint density at radius 3 is 2.84 bits per heavy atom. The third-order valence-electron chi connectivity index (χ3n) is 4.36. The van der Waals surface area contributed by atoms with E-state index in [0.717, 1.165) is 14.9 Å². The Bertz CT molecular complexity index is 1030. The largest absolute Gasteiger partial charge is 0.428 e. The smallest absolute Gasteiger partial charge is 0.357 e. The number of halogens is 1. The molecule has 2 aromatic rings. The molecular weight excluding hydrogens is 500 g/mol. The van der Waals surface area contributed by atoms with Crippen LogP contribution in [-0.4, -0.2) is 72.6 Å². The maximum absolute atomic E-state index is 12.9. The van der Waals surface area contributed by atoms with Crippen molar-refractivity contribution in [2.24, 2.45) is 0 Å². The van der Waals surface area contributed by atoms with Crippen molar-refractivity contribution in [3.8, 4) is 0 Å². The number of esters is 2. The van der Waals surface area contributed by atoms with Crippen molar-refractivity contribution in [3.63, 3.8) is 0 Å². The van der Waals surface area contributed by atoms with Gasteiger partial charge in [0.25, 0.3) is 5.91 Å². The number of fused-ring (bicyclic) bond motifs is 1. The highest BCUT2D eigenvalue weighted by Crippen LogP contribution is 2.42. The van der Waals surface area contributed by atoms with Gasteiger partial charge in [0.1, 0.15) is 22.1 Å². The Labute approximate surface area is 201 Å². The number of nitrogens with zero attached hydrogens (tertiary/aromatic N) is 4. The lowest BCUT2D eigenvalue weighted by molar-refractivity contribution is -0.166. The molecule has 172 valence electrons. The van der Waals surface area contributed by atoms with Crippen LogP contribution < -0.4 is 5.32 Å². The Morgan fingerprint density at radius 2 is 2.19 bits per heavy atom. The average molecular weight is 519 g/mol. The molecule has 2 aliphatic heterocycles. The van der Waals surface area contributed by atoms with Gasteiger partial charge < -0.3 is 19.8 Å². The number of carbonyl (C=O) groups excluding carboxylic acids is 3. The fourth-order valence-electron chi connectivity index (χ4n) is 2.99. The first-order valence-corrected chi connectivity index (χ1v) is 11.9. The van der Waals surface area contributed by atoms with Crippen LogP contribution in [0.4, 0.5) is 5.95 Å². The molecule has 15 heteroatoms. The molecule has 0 spiro atoms. The summed E-state index contributed by atoms with van der Waals surface area (Å²) in [5, 5.41) is 11.7. The Kier molecular flexibility index (Phi) is 8.03. The molecule has 1 fully saturated rings. The monoisotopic (exact) mass is 518 g/mol. The molecule has 2 aromatic heterocycles. The van der Waals surface area contributed by atoms with Crippen molar-refractivity contribution in [3.05, 3.63) is 28.7 Å². The number of aromatic nitrogens is 4. The minimum absolute atomic E-state index is 0. The van der Waals surface area contributed by atoms with Gasteiger partial charge in [0, 0.05) is 30.8 Å². The van der Waals surface area contributed by atoms with Gasteiger partial charge in [0.05, 0.1) is 0 Å². The predicted octanol–water partition coefficient (Wildman–Crippen LogP) is 1.80. The van der Waals surface area contributed by atoms with Crippen LogP contribution in [0.5, 0.6) is 0 Å². The fraction of sp³-hybridized carbons (Fsp3) is 0.412. The molecule has 2 atom stereocenters. The van der Waals surface area contributed by atoms with Crippen LogP contribution in [0.1, 0.15) is 11.9 Å². The number of imidazole rings is 1.